The Morgan fingerprint density at radius 1 is 1.04 bits per heavy atom. The predicted molar refractivity (Wildman–Crippen MR) is 122 cm³/mol. The van der Waals surface area contributed by atoms with Crippen molar-refractivity contribution in [2.24, 2.45) is 0 Å². The van der Waals surface area contributed by atoms with E-state index in [1.165, 1.54) is 0 Å². The topological polar surface area (TPSA) is 60.5 Å². The fourth-order valence-corrected chi connectivity index (χ4v) is 5.39. The van der Waals surface area contributed by atoms with E-state index in [0.29, 0.717) is 11.2 Å². The summed E-state index contributed by atoms with van der Waals surface area (Å²) in [6, 6.07) is 13.3. The normalized spacial score (nSPS) is 11.8. The number of hydrogen-bond donors (Lipinski definition) is 1. The summed E-state index contributed by atoms with van der Waals surface area (Å²) in [4.78, 5) is 4.53. The van der Waals surface area contributed by atoms with Gasteiger partial charge in [0, 0.05) is 20.0 Å². The van der Waals surface area contributed by atoms with Gasteiger partial charge in [-0.15, -0.1) is 0 Å². The average molecular weight is 549 g/mol. The van der Waals surface area contributed by atoms with Gasteiger partial charge >= 0.3 is 7.60 Å². The summed E-state index contributed by atoms with van der Waals surface area (Å²) >= 11 is 13.6. The van der Waals surface area contributed by atoms with Crippen molar-refractivity contribution in [2.45, 2.75) is 13.8 Å². The molecule has 0 aliphatic heterocycles. The number of anilines is 2. The third-order valence-corrected chi connectivity index (χ3v) is 7.40. The van der Waals surface area contributed by atoms with E-state index in [1.54, 1.807) is 13.8 Å². The standard InChI is InChI=1S/C19H18Br2ClN2O3P/c1-3-26-28(25,27-4-2)19-17(22)18(23-14-8-5-12(20)6-9-14)15-11-13(21)7-10-16(15)24-19/h5-11H,3-4H2,1-2H3,(H,23,24). The Bertz CT molecular complexity index is 1040. The molecule has 0 saturated carbocycles. The average Bonchev–Trinajstić information content (AvgIpc) is 2.66. The zero-order valence-corrected chi connectivity index (χ0v) is 20.0. The first-order chi connectivity index (χ1) is 13.4. The number of hydrogen-bond acceptors (Lipinski definition) is 5. The summed E-state index contributed by atoms with van der Waals surface area (Å²) in [5.74, 6) is 0. The van der Waals surface area contributed by atoms with Crippen LogP contribution in [0, 0.1) is 0 Å². The molecule has 0 saturated heterocycles. The van der Waals surface area contributed by atoms with Gasteiger partial charge in [-0.1, -0.05) is 43.5 Å². The number of benzene rings is 2. The number of rotatable bonds is 7. The van der Waals surface area contributed by atoms with Crippen molar-refractivity contribution in [3.63, 3.8) is 0 Å². The van der Waals surface area contributed by atoms with Crippen molar-refractivity contribution in [3.05, 3.63) is 56.4 Å². The number of aromatic nitrogens is 1. The molecule has 0 spiro atoms. The second kappa shape index (κ2) is 9.24. The summed E-state index contributed by atoms with van der Waals surface area (Å²) in [6.07, 6.45) is 0. The molecule has 0 fully saturated rings. The van der Waals surface area contributed by atoms with Crippen LogP contribution in [0.5, 0.6) is 0 Å². The molecule has 5 nitrogen and oxygen atoms in total. The summed E-state index contributed by atoms with van der Waals surface area (Å²) in [7, 11) is -3.67. The molecule has 0 bridgehead atoms. The third-order valence-electron chi connectivity index (χ3n) is 3.84. The van der Waals surface area contributed by atoms with Gasteiger partial charge in [-0.2, -0.15) is 0 Å². The van der Waals surface area contributed by atoms with Crippen molar-refractivity contribution in [2.75, 3.05) is 18.5 Å². The van der Waals surface area contributed by atoms with Crippen LogP contribution < -0.4 is 10.8 Å². The molecular formula is C19H18Br2ClN2O3P. The molecular weight excluding hydrogens is 530 g/mol. The van der Waals surface area contributed by atoms with Crippen LogP contribution in [0.15, 0.2) is 51.4 Å². The minimum absolute atomic E-state index is 0.104. The zero-order valence-electron chi connectivity index (χ0n) is 15.2. The van der Waals surface area contributed by atoms with Gasteiger partial charge in [-0.05, 0) is 56.3 Å². The van der Waals surface area contributed by atoms with Crippen LogP contribution in [0.2, 0.25) is 5.02 Å². The van der Waals surface area contributed by atoms with Crippen LogP contribution >= 0.6 is 51.1 Å². The minimum atomic E-state index is -3.67. The lowest BCUT2D eigenvalue weighted by molar-refractivity contribution is 0.229. The van der Waals surface area contributed by atoms with Crippen LogP contribution in [0.3, 0.4) is 0 Å². The molecule has 148 valence electrons. The fourth-order valence-electron chi connectivity index (χ4n) is 2.68. The molecule has 0 aliphatic rings. The maximum Gasteiger partial charge on any atom is 0.381 e. The van der Waals surface area contributed by atoms with Crippen molar-refractivity contribution in [1.29, 1.82) is 0 Å². The molecule has 0 amide bonds. The van der Waals surface area contributed by atoms with Crippen LogP contribution in [0.4, 0.5) is 11.4 Å². The van der Waals surface area contributed by atoms with Crippen molar-refractivity contribution in [1.82, 2.24) is 4.98 Å². The van der Waals surface area contributed by atoms with E-state index in [1.807, 2.05) is 42.5 Å². The zero-order chi connectivity index (χ0) is 20.3. The molecule has 1 aromatic heterocycles. The molecule has 0 radical (unpaired) electrons. The third kappa shape index (κ3) is 4.61. The number of nitrogens with zero attached hydrogens (tertiary/aromatic N) is 1. The molecule has 0 unspecified atom stereocenters. The second-order valence-electron chi connectivity index (χ2n) is 5.75. The van der Waals surface area contributed by atoms with E-state index in [0.717, 1.165) is 20.0 Å². The van der Waals surface area contributed by atoms with Gasteiger partial charge in [0.2, 0.25) is 0 Å². The van der Waals surface area contributed by atoms with Crippen molar-refractivity contribution in [3.8, 4) is 0 Å². The molecule has 3 aromatic rings. The first-order valence-electron chi connectivity index (χ1n) is 8.59. The Labute approximate surface area is 185 Å². The number of halogens is 3. The van der Waals surface area contributed by atoms with Gasteiger partial charge in [0.1, 0.15) is 0 Å². The van der Waals surface area contributed by atoms with Crippen LogP contribution in [0.25, 0.3) is 10.9 Å². The fraction of sp³-hybridized carbons (Fsp3) is 0.211. The SMILES string of the molecule is CCOP(=O)(OCC)c1nc2ccc(Br)cc2c(Nc2ccc(Br)cc2)c1Cl. The van der Waals surface area contributed by atoms with E-state index in [-0.39, 0.29) is 23.7 Å². The van der Waals surface area contributed by atoms with Crippen molar-refractivity contribution >= 4 is 78.8 Å². The summed E-state index contributed by atoms with van der Waals surface area (Å²) in [5.41, 5.74) is 2.14. The van der Waals surface area contributed by atoms with Crippen LogP contribution in [0.1, 0.15) is 13.8 Å². The van der Waals surface area contributed by atoms with Gasteiger partial charge in [-0.25, -0.2) is 4.98 Å². The Morgan fingerprint density at radius 3 is 2.25 bits per heavy atom. The monoisotopic (exact) mass is 546 g/mol. The van der Waals surface area contributed by atoms with Crippen LogP contribution in [-0.2, 0) is 13.6 Å². The number of pyridine rings is 1. The quantitative estimate of drug-likeness (QED) is 0.321. The molecule has 9 heteroatoms. The Morgan fingerprint density at radius 2 is 1.64 bits per heavy atom. The molecule has 1 N–H and O–H groups in total. The van der Waals surface area contributed by atoms with Gasteiger partial charge in [0.25, 0.3) is 0 Å². The van der Waals surface area contributed by atoms with E-state index in [4.69, 9.17) is 20.6 Å². The molecule has 3 rings (SSSR count). The Balaban J connectivity index is 2.24. The summed E-state index contributed by atoms with van der Waals surface area (Å²) in [6.45, 7) is 3.92. The highest BCUT2D eigenvalue weighted by molar-refractivity contribution is 9.10. The molecule has 28 heavy (non-hydrogen) atoms. The lowest BCUT2D eigenvalue weighted by Crippen LogP contribution is -2.17. The van der Waals surface area contributed by atoms with Gasteiger partial charge < -0.3 is 14.4 Å². The number of nitrogens with one attached hydrogen (secondary N) is 1. The second-order valence-corrected chi connectivity index (χ2v) is 9.90. The first kappa shape index (κ1) is 21.8. The van der Waals surface area contributed by atoms with Gasteiger partial charge in [0.15, 0.2) is 5.44 Å². The van der Waals surface area contributed by atoms with Crippen LogP contribution in [-0.4, -0.2) is 18.2 Å². The maximum absolute atomic E-state index is 13.4. The van der Waals surface area contributed by atoms with Gasteiger partial charge in [-0.3, -0.25) is 4.57 Å². The highest BCUT2D eigenvalue weighted by atomic mass is 79.9. The Hall–Kier alpha value is -0.950. The Kier molecular flexibility index (Phi) is 7.18. The first-order valence-corrected chi connectivity index (χ1v) is 12.1. The lowest BCUT2D eigenvalue weighted by Gasteiger charge is -2.20. The van der Waals surface area contributed by atoms with Gasteiger partial charge in [0.05, 0.1) is 29.4 Å². The minimum Gasteiger partial charge on any atom is -0.354 e. The van der Waals surface area contributed by atoms with E-state index in [2.05, 4.69) is 42.2 Å². The highest BCUT2D eigenvalue weighted by Crippen LogP contribution is 2.50. The van der Waals surface area contributed by atoms with E-state index in [9.17, 15) is 4.57 Å². The molecule has 0 aliphatic carbocycles. The molecule has 0 atom stereocenters. The largest absolute Gasteiger partial charge is 0.381 e. The van der Waals surface area contributed by atoms with E-state index >= 15 is 0 Å². The van der Waals surface area contributed by atoms with E-state index < -0.39 is 7.60 Å². The van der Waals surface area contributed by atoms with Crippen molar-refractivity contribution < 1.29 is 13.6 Å². The summed E-state index contributed by atoms with van der Waals surface area (Å²) < 4.78 is 26.1. The smallest absolute Gasteiger partial charge is 0.354 e. The lowest BCUT2D eigenvalue weighted by atomic mass is 10.2. The predicted octanol–water partition coefficient (Wildman–Crippen LogP) is 7.05. The molecule has 1 heterocycles. The number of fused-ring (bicyclic) bond motifs is 1. The molecule has 2 aromatic carbocycles. The maximum atomic E-state index is 13.4. The summed E-state index contributed by atoms with van der Waals surface area (Å²) in [5, 5.41) is 4.31. The highest BCUT2D eigenvalue weighted by Gasteiger charge is 2.33.